The minimum Gasteiger partial charge on any atom is -0.366 e. The Morgan fingerprint density at radius 3 is 2.45 bits per heavy atom. The number of carbonyl (C=O) groups is 1. The topological polar surface area (TPSA) is 92.6 Å². The average molecular weight is 640 g/mol. The highest BCUT2D eigenvalue weighted by Crippen LogP contribution is 2.37. The van der Waals surface area contributed by atoms with Crippen LogP contribution in [-0.4, -0.2) is 61.2 Å². The van der Waals surface area contributed by atoms with Crippen molar-refractivity contribution in [2.24, 2.45) is 11.7 Å². The first-order chi connectivity index (χ1) is 23.0. The van der Waals surface area contributed by atoms with E-state index in [0.29, 0.717) is 10.8 Å². The zero-order chi connectivity index (χ0) is 31.9. The summed E-state index contributed by atoms with van der Waals surface area (Å²) < 4.78 is 1.85. The lowest BCUT2D eigenvalue weighted by atomic mass is 9.92. The number of thioether (sulfide) groups is 1. The number of primary amides is 1. The number of aryl methyl sites for hydroxylation is 1. The van der Waals surface area contributed by atoms with Crippen LogP contribution in [0.25, 0.3) is 39.1 Å². The van der Waals surface area contributed by atoms with E-state index in [1.807, 2.05) is 54.0 Å². The molecule has 47 heavy (non-hydrogen) atoms. The fourth-order valence-corrected chi connectivity index (χ4v) is 8.49. The fraction of sp³-hybridized carbons (Fsp3) is 0.263. The molecule has 2 aliphatic heterocycles. The van der Waals surface area contributed by atoms with Crippen LogP contribution >= 0.6 is 11.8 Å². The molecule has 2 fully saturated rings. The number of aromatic nitrogens is 4. The summed E-state index contributed by atoms with van der Waals surface area (Å²) in [5.41, 5.74) is 15.3. The van der Waals surface area contributed by atoms with Gasteiger partial charge < -0.3 is 10.6 Å². The summed E-state index contributed by atoms with van der Waals surface area (Å²) in [6.45, 7) is 6.24. The number of likely N-dealkylation sites (tertiary alicyclic amines) is 1. The van der Waals surface area contributed by atoms with Crippen molar-refractivity contribution >= 4 is 40.0 Å². The third-order valence-electron chi connectivity index (χ3n) is 9.62. The van der Waals surface area contributed by atoms with E-state index in [0.717, 1.165) is 82.7 Å². The highest BCUT2D eigenvalue weighted by atomic mass is 32.2. The zero-order valence-electron chi connectivity index (χ0n) is 26.4. The largest absolute Gasteiger partial charge is 0.366 e. The second-order valence-corrected chi connectivity index (χ2v) is 14.0. The Hall–Kier alpha value is -4.73. The number of hydrogen-bond donors (Lipinski definition) is 1. The number of benzene rings is 3. The maximum atomic E-state index is 11.4. The van der Waals surface area contributed by atoms with Crippen molar-refractivity contribution < 1.29 is 4.79 Å². The minimum absolute atomic E-state index is 0.378. The molecule has 8 nitrogen and oxygen atoms in total. The number of pyridine rings is 1. The van der Waals surface area contributed by atoms with Crippen LogP contribution in [0.4, 0.5) is 5.69 Å². The van der Waals surface area contributed by atoms with Crippen molar-refractivity contribution in [2.45, 2.75) is 31.6 Å². The lowest BCUT2D eigenvalue weighted by Gasteiger charge is -2.34. The van der Waals surface area contributed by atoms with E-state index >= 15 is 0 Å². The zero-order valence-corrected chi connectivity index (χ0v) is 27.2. The number of carbonyl (C=O) groups excluding carboxylic acids is 1. The molecule has 9 heteroatoms. The molecular formula is C38H37N7OS. The predicted octanol–water partition coefficient (Wildman–Crippen LogP) is 6.81. The third kappa shape index (κ3) is 5.97. The van der Waals surface area contributed by atoms with Gasteiger partial charge in [-0.05, 0) is 80.2 Å². The number of nitrogens with zero attached hydrogens (tertiary/aromatic N) is 6. The smallest absolute Gasteiger partial charge is 0.248 e. The van der Waals surface area contributed by atoms with E-state index in [-0.39, 0.29) is 5.91 Å². The van der Waals surface area contributed by atoms with E-state index in [1.165, 1.54) is 24.1 Å². The lowest BCUT2D eigenvalue weighted by molar-refractivity contribution is 0.100. The molecule has 5 heterocycles. The van der Waals surface area contributed by atoms with Gasteiger partial charge in [-0.25, -0.2) is 9.97 Å². The molecule has 0 bridgehead atoms. The van der Waals surface area contributed by atoms with Gasteiger partial charge in [-0.15, -0.1) is 11.8 Å². The van der Waals surface area contributed by atoms with Gasteiger partial charge in [0.1, 0.15) is 0 Å². The Balaban J connectivity index is 0.953. The van der Waals surface area contributed by atoms with Gasteiger partial charge in [0.05, 0.1) is 17.3 Å². The molecule has 1 amide bonds. The van der Waals surface area contributed by atoms with E-state index in [1.54, 1.807) is 0 Å². The summed E-state index contributed by atoms with van der Waals surface area (Å²) in [4.78, 5) is 26.3. The number of rotatable bonds is 7. The number of anilines is 1. The third-order valence-corrected chi connectivity index (χ3v) is 11.0. The van der Waals surface area contributed by atoms with Gasteiger partial charge in [-0.2, -0.15) is 9.61 Å². The Kier molecular flexibility index (Phi) is 7.87. The van der Waals surface area contributed by atoms with Crippen LogP contribution in [-0.2, 0) is 6.54 Å². The van der Waals surface area contributed by atoms with Crippen molar-refractivity contribution in [3.63, 3.8) is 0 Å². The number of hydrogen-bond acceptors (Lipinski definition) is 7. The first-order valence-corrected chi connectivity index (χ1v) is 17.3. The second kappa shape index (κ2) is 12.5. The van der Waals surface area contributed by atoms with Gasteiger partial charge in [0, 0.05) is 58.4 Å². The molecule has 3 aromatic carbocycles. The van der Waals surface area contributed by atoms with E-state index < -0.39 is 0 Å². The summed E-state index contributed by atoms with van der Waals surface area (Å²) in [6.07, 6.45) is 4.35. The molecule has 0 saturated carbocycles. The summed E-state index contributed by atoms with van der Waals surface area (Å²) in [6, 6.07) is 31.3. The Morgan fingerprint density at radius 1 is 0.936 bits per heavy atom. The first-order valence-electron chi connectivity index (χ1n) is 16.3. The van der Waals surface area contributed by atoms with Crippen molar-refractivity contribution in [1.82, 2.24) is 24.5 Å². The average Bonchev–Trinajstić information content (AvgIpc) is 3.76. The minimum atomic E-state index is -0.378. The molecule has 0 aliphatic carbocycles. The van der Waals surface area contributed by atoms with Crippen molar-refractivity contribution in [3.8, 4) is 22.4 Å². The van der Waals surface area contributed by atoms with Crippen molar-refractivity contribution in [2.75, 3.05) is 30.4 Å². The van der Waals surface area contributed by atoms with Gasteiger partial charge in [0.15, 0.2) is 11.3 Å². The summed E-state index contributed by atoms with van der Waals surface area (Å²) >= 11 is 2.07. The molecule has 3 aromatic heterocycles. The molecule has 1 atom stereocenters. The van der Waals surface area contributed by atoms with Crippen LogP contribution in [0.15, 0.2) is 97.2 Å². The van der Waals surface area contributed by atoms with E-state index in [4.69, 9.17) is 10.7 Å². The van der Waals surface area contributed by atoms with Crippen molar-refractivity contribution in [3.05, 3.63) is 114 Å². The number of fused-ring (bicyclic) bond motifs is 3. The molecule has 6 aromatic rings. The number of amides is 1. The first kappa shape index (κ1) is 29.7. The molecule has 2 N–H and O–H groups in total. The highest BCUT2D eigenvalue weighted by Gasteiger charge is 2.32. The standard InChI is InChI=1S/C38H37N7OS/c1-25-19-35-40-21-31-20-33(27-5-3-2-4-6-27)36(41-38(31)45(35)42-25)29-9-7-26(8-10-29)22-43-17-15-28(16-18-43)34-23-44(24-47-34)32-13-11-30(12-14-32)37(39)46/h2-14,19-21,28,34H,15-18,22-24H2,1H3,(H2,39,46). The van der Waals surface area contributed by atoms with E-state index in [9.17, 15) is 4.79 Å². The summed E-state index contributed by atoms with van der Waals surface area (Å²) in [5.74, 6) is 1.34. The molecule has 0 radical (unpaired) electrons. The summed E-state index contributed by atoms with van der Waals surface area (Å²) in [5, 5.41) is 6.29. The Morgan fingerprint density at radius 2 is 1.70 bits per heavy atom. The number of piperidine rings is 1. The van der Waals surface area contributed by atoms with Gasteiger partial charge in [0.2, 0.25) is 5.91 Å². The summed E-state index contributed by atoms with van der Waals surface area (Å²) in [7, 11) is 0. The Labute approximate surface area is 278 Å². The molecule has 236 valence electrons. The van der Waals surface area contributed by atoms with Crippen LogP contribution in [0, 0.1) is 12.8 Å². The van der Waals surface area contributed by atoms with Crippen LogP contribution in [0.1, 0.15) is 34.5 Å². The Bertz CT molecular complexity index is 2050. The predicted molar refractivity (Wildman–Crippen MR) is 190 cm³/mol. The van der Waals surface area contributed by atoms with Crippen LogP contribution in [0.3, 0.4) is 0 Å². The quantitative estimate of drug-likeness (QED) is 0.205. The molecule has 2 aliphatic rings. The van der Waals surface area contributed by atoms with Gasteiger partial charge in [-0.1, -0.05) is 54.6 Å². The van der Waals surface area contributed by atoms with Crippen LogP contribution in [0.5, 0.6) is 0 Å². The molecule has 8 rings (SSSR count). The van der Waals surface area contributed by atoms with Gasteiger partial charge >= 0.3 is 0 Å². The normalized spacial score (nSPS) is 17.6. The second-order valence-electron chi connectivity index (χ2n) is 12.8. The van der Waals surface area contributed by atoms with Gasteiger partial charge in [-0.3, -0.25) is 9.69 Å². The molecular weight excluding hydrogens is 603 g/mol. The molecule has 0 spiro atoms. The fourth-order valence-electron chi connectivity index (χ4n) is 7.03. The lowest BCUT2D eigenvalue weighted by Crippen LogP contribution is -2.37. The molecule has 2 saturated heterocycles. The highest BCUT2D eigenvalue weighted by molar-refractivity contribution is 8.00. The SMILES string of the molecule is Cc1cc2ncc3cc(-c4ccccc4)c(-c4ccc(CN5CCC(C6CN(c7ccc(C(N)=O)cc7)CS6)CC5)cc4)nc3n2n1. The van der Waals surface area contributed by atoms with Crippen LogP contribution in [0.2, 0.25) is 0 Å². The maximum Gasteiger partial charge on any atom is 0.248 e. The van der Waals surface area contributed by atoms with E-state index in [2.05, 4.69) is 86.2 Å². The molecule has 1 unspecified atom stereocenters. The van der Waals surface area contributed by atoms with Gasteiger partial charge in [0.25, 0.3) is 0 Å². The maximum absolute atomic E-state index is 11.4. The monoisotopic (exact) mass is 639 g/mol. The van der Waals surface area contributed by atoms with Crippen LogP contribution < -0.4 is 10.6 Å². The van der Waals surface area contributed by atoms with Crippen molar-refractivity contribution in [1.29, 1.82) is 0 Å². The number of nitrogens with two attached hydrogens (primary N) is 1.